The van der Waals surface area contributed by atoms with Crippen molar-refractivity contribution in [1.29, 1.82) is 0 Å². The van der Waals surface area contributed by atoms with Crippen LogP contribution in [0, 0.1) is 0 Å². The molecule has 1 aromatic rings. The average Bonchev–Trinajstić information content (AvgIpc) is 2.19. The summed E-state index contributed by atoms with van der Waals surface area (Å²) in [5.74, 6) is 0. The SMILES string of the molecule is CCCCC(C)Nc1ccc(Br)cc1Br. The fraction of sp³-hybridized carbons (Fsp3) is 0.500. The van der Waals surface area contributed by atoms with Gasteiger partial charge in [-0.3, -0.25) is 0 Å². The second-order valence-electron chi connectivity index (χ2n) is 3.81. The zero-order chi connectivity index (χ0) is 11.3. The molecule has 0 amide bonds. The first-order valence-corrected chi connectivity index (χ1v) is 6.93. The molecule has 0 radical (unpaired) electrons. The fourth-order valence-corrected chi connectivity index (χ4v) is 2.62. The molecule has 0 saturated carbocycles. The van der Waals surface area contributed by atoms with Gasteiger partial charge in [0.15, 0.2) is 0 Å². The van der Waals surface area contributed by atoms with Crippen LogP contribution < -0.4 is 5.32 Å². The van der Waals surface area contributed by atoms with Gasteiger partial charge in [-0.25, -0.2) is 0 Å². The zero-order valence-corrected chi connectivity index (χ0v) is 12.4. The van der Waals surface area contributed by atoms with Crippen molar-refractivity contribution in [3.05, 3.63) is 27.1 Å². The van der Waals surface area contributed by atoms with Crippen LogP contribution >= 0.6 is 31.9 Å². The first-order valence-electron chi connectivity index (χ1n) is 5.35. The Labute approximate surface area is 109 Å². The molecule has 0 spiro atoms. The van der Waals surface area contributed by atoms with Crippen LogP contribution in [0.4, 0.5) is 5.69 Å². The Bertz CT molecular complexity index is 312. The quantitative estimate of drug-likeness (QED) is 0.780. The summed E-state index contributed by atoms with van der Waals surface area (Å²) in [4.78, 5) is 0. The number of hydrogen-bond acceptors (Lipinski definition) is 1. The molecule has 0 aliphatic carbocycles. The van der Waals surface area contributed by atoms with Gasteiger partial charge in [-0.15, -0.1) is 0 Å². The number of rotatable bonds is 5. The van der Waals surface area contributed by atoms with Gasteiger partial charge in [0.25, 0.3) is 0 Å². The molecule has 1 unspecified atom stereocenters. The van der Waals surface area contributed by atoms with Gasteiger partial charge in [-0.1, -0.05) is 35.7 Å². The Morgan fingerprint density at radius 2 is 2.07 bits per heavy atom. The summed E-state index contributed by atoms with van der Waals surface area (Å²) in [6.45, 7) is 4.45. The molecule has 0 aliphatic rings. The van der Waals surface area contributed by atoms with Crippen molar-refractivity contribution in [1.82, 2.24) is 0 Å². The largest absolute Gasteiger partial charge is 0.382 e. The van der Waals surface area contributed by atoms with Crippen molar-refractivity contribution < 1.29 is 0 Å². The number of halogens is 2. The van der Waals surface area contributed by atoms with Gasteiger partial charge in [0.2, 0.25) is 0 Å². The van der Waals surface area contributed by atoms with Gasteiger partial charge in [-0.05, 0) is 47.5 Å². The second kappa shape index (κ2) is 6.54. The van der Waals surface area contributed by atoms with Crippen LogP contribution in [0.2, 0.25) is 0 Å². The number of nitrogens with one attached hydrogen (secondary N) is 1. The smallest absolute Gasteiger partial charge is 0.0487 e. The molecule has 0 bridgehead atoms. The van der Waals surface area contributed by atoms with Crippen LogP contribution in [0.15, 0.2) is 27.1 Å². The molecule has 0 heterocycles. The summed E-state index contributed by atoms with van der Waals surface area (Å²) in [5, 5.41) is 3.50. The molecule has 0 aromatic heterocycles. The highest BCUT2D eigenvalue weighted by Crippen LogP contribution is 2.27. The van der Waals surface area contributed by atoms with Crippen LogP contribution in [0.1, 0.15) is 33.1 Å². The Morgan fingerprint density at radius 1 is 1.33 bits per heavy atom. The maximum atomic E-state index is 3.55. The lowest BCUT2D eigenvalue weighted by Gasteiger charge is -2.16. The van der Waals surface area contributed by atoms with Crippen LogP contribution in [0.3, 0.4) is 0 Å². The average molecular weight is 335 g/mol. The van der Waals surface area contributed by atoms with Gasteiger partial charge in [-0.2, -0.15) is 0 Å². The van der Waals surface area contributed by atoms with E-state index in [1.165, 1.54) is 24.9 Å². The Balaban J connectivity index is 2.56. The van der Waals surface area contributed by atoms with Gasteiger partial charge in [0, 0.05) is 20.7 Å². The van der Waals surface area contributed by atoms with Crippen molar-refractivity contribution in [3.8, 4) is 0 Å². The fourth-order valence-electron chi connectivity index (χ4n) is 1.45. The predicted octanol–water partition coefficient (Wildman–Crippen LogP) is 5.20. The second-order valence-corrected chi connectivity index (χ2v) is 5.58. The van der Waals surface area contributed by atoms with Crippen LogP contribution in [-0.2, 0) is 0 Å². The van der Waals surface area contributed by atoms with E-state index in [9.17, 15) is 0 Å². The standard InChI is InChI=1S/C12H17Br2N/c1-3-4-5-9(2)15-12-7-6-10(13)8-11(12)14/h6-9,15H,3-5H2,1-2H3. The highest BCUT2D eigenvalue weighted by Gasteiger charge is 2.04. The number of anilines is 1. The Kier molecular flexibility index (Phi) is 5.69. The van der Waals surface area contributed by atoms with E-state index in [2.05, 4.69) is 69.2 Å². The van der Waals surface area contributed by atoms with Crippen molar-refractivity contribution in [2.45, 2.75) is 39.2 Å². The van der Waals surface area contributed by atoms with Crippen molar-refractivity contribution in [2.24, 2.45) is 0 Å². The lowest BCUT2D eigenvalue weighted by Crippen LogP contribution is -2.14. The maximum absolute atomic E-state index is 3.55. The van der Waals surface area contributed by atoms with E-state index in [-0.39, 0.29) is 0 Å². The number of hydrogen-bond donors (Lipinski definition) is 1. The van der Waals surface area contributed by atoms with Crippen molar-refractivity contribution in [2.75, 3.05) is 5.32 Å². The van der Waals surface area contributed by atoms with E-state index in [0.29, 0.717) is 6.04 Å². The predicted molar refractivity (Wildman–Crippen MR) is 74.5 cm³/mol. The molecule has 84 valence electrons. The Hall–Kier alpha value is -0.0200. The van der Waals surface area contributed by atoms with Gasteiger partial charge < -0.3 is 5.32 Å². The minimum atomic E-state index is 0.530. The molecule has 0 aliphatic heterocycles. The third-order valence-corrected chi connectivity index (χ3v) is 3.47. The normalized spacial score (nSPS) is 12.5. The summed E-state index contributed by atoms with van der Waals surface area (Å²) < 4.78 is 2.21. The monoisotopic (exact) mass is 333 g/mol. The van der Waals surface area contributed by atoms with E-state index in [1.54, 1.807) is 0 Å². The van der Waals surface area contributed by atoms with Crippen molar-refractivity contribution in [3.63, 3.8) is 0 Å². The third kappa shape index (κ3) is 4.56. The highest BCUT2D eigenvalue weighted by molar-refractivity contribution is 9.11. The highest BCUT2D eigenvalue weighted by atomic mass is 79.9. The molecular formula is C12H17Br2N. The molecule has 1 atom stereocenters. The van der Waals surface area contributed by atoms with E-state index < -0.39 is 0 Å². The summed E-state index contributed by atoms with van der Waals surface area (Å²) >= 11 is 7.00. The maximum Gasteiger partial charge on any atom is 0.0487 e. The van der Waals surface area contributed by atoms with Crippen LogP contribution in [-0.4, -0.2) is 6.04 Å². The van der Waals surface area contributed by atoms with E-state index in [4.69, 9.17) is 0 Å². The molecule has 1 N–H and O–H groups in total. The number of benzene rings is 1. The molecule has 15 heavy (non-hydrogen) atoms. The van der Waals surface area contributed by atoms with Gasteiger partial charge in [0.1, 0.15) is 0 Å². The van der Waals surface area contributed by atoms with Crippen LogP contribution in [0.5, 0.6) is 0 Å². The lowest BCUT2D eigenvalue weighted by atomic mass is 10.1. The third-order valence-electron chi connectivity index (χ3n) is 2.32. The lowest BCUT2D eigenvalue weighted by molar-refractivity contribution is 0.645. The van der Waals surface area contributed by atoms with Gasteiger partial charge in [0.05, 0.1) is 0 Å². The van der Waals surface area contributed by atoms with Gasteiger partial charge >= 0.3 is 0 Å². The Morgan fingerprint density at radius 3 is 2.67 bits per heavy atom. The summed E-state index contributed by atoms with van der Waals surface area (Å²) in [7, 11) is 0. The first-order chi connectivity index (χ1) is 7.13. The molecule has 1 aromatic carbocycles. The minimum absolute atomic E-state index is 0.530. The zero-order valence-electron chi connectivity index (χ0n) is 9.19. The summed E-state index contributed by atoms with van der Waals surface area (Å²) in [6, 6.07) is 6.74. The molecule has 3 heteroatoms. The summed E-state index contributed by atoms with van der Waals surface area (Å²) in [5.41, 5.74) is 1.17. The van der Waals surface area contributed by atoms with E-state index >= 15 is 0 Å². The summed E-state index contributed by atoms with van der Waals surface area (Å²) in [6.07, 6.45) is 3.76. The van der Waals surface area contributed by atoms with E-state index in [1.807, 2.05) is 0 Å². The first kappa shape index (κ1) is 13.0. The van der Waals surface area contributed by atoms with E-state index in [0.717, 1.165) is 8.95 Å². The molecule has 1 nitrogen and oxygen atoms in total. The molecule has 0 saturated heterocycles. The topological polar surface area (TPSA) is 12.0 Å². The minimum Gasteiger partial charge on any atom is -0.382 e. The molecule has 0 fully saturated rings. The molecule has 1 rings (SSSR count). The van der Waals surface area contributed by atoms with Crippen LogP contribution in [0.25, 0.3) is 0 Å². The van der Waals surface area contributed by atoms with Crippen molar-refractivity contribution >= 4 is 37.5 Å². The number of unbranched alkanes of at least 4 members (excludes halogenated alkanes) is 1. The molecular weight excluding hydrogens is 318 g/mol.